The van der Waals surface area contributed by atoms with Crippen molar-refractivity contribution >= 4 is 5.69 Å². The van der Waals surface area contributed by atoms with Crippen molar-refractivity contribution in [3.63, 3.8) is 0 Å². The van der Waals surface area contributed by atoms with Gasteiger partial charge in [-0.1, -0.05) is 6.07 Å². The Balaban J connectivity index is 2.46. The number of aryl methyl sites for hydroxylation is 1. The zero-order chi connectivity index (χ0) is 11.7. The molecule has 0 heterocycles. The Morgan fingerprint density at radius 3 is 2.94 bits per heavy atom. The number of nitrogens with two attached hydrogens (primary N) is 1. The first-order chi connectivity index (χ1) is 7.59. The standard InChI is InChI=1S/C11H14N2O3/c12-11-9-6-8(13(15)16)5-4-7(9)2-1-3-10(11)14/h4-6,10-11,14H,1-3,12H2/t10-,11+/m0/s1. The van der Waals surface area contributed by atoms with Gasteiger partial charge in [-0.15, -0.1) is 0 Å². The third-order valence-electron chi connectivity index (χ3n) is 3.06. The number of aliphatic hydroxyl groups is 1. The Bertz CT molecular complexity index is 420. The van der Waals surface area contributed by atoms with E-state index in [1.165, 1.54) is 12.1 Å². The molecule has 3 N–H and O–H groups in total. The predicted molar refractivity (Wildman–Crippen MR) is 59.0 cm³/mol. The lowest BCUT2D eigenvalue weighted by atomic mass is 9.98. The first-order valence-electron chi connectivity index (χ1n) is 5.30. The van der Waals surface area contributed by atoms with Crippen molar-refractivity contribution in [3.05, 3.63) is 39.4 Å². The molecule has 1 aliphatic carbocycles. The maximum atomic E-state index is 10.7. The van der Waals surface area contributed by atoms with Crippen LogP contribution in [0.4, 0.5) is 5.69 Å². The zero-order valence-electron chi connectivity index (χ0n) is 8.80. The molecule has 0 aliphatic heterocycles. The molecule has 1 aromatic rings. The highest BCUT2D eigenvalue weighted by Gasteiger charge is 2.24. The Labute approximate surface area is 93.0 Å². The van der Waals surface area contributed by atoms with Gasteiger partial charge in [-0.05, 0) is 30.4 Å². The molecule has 0 spiro atoms. The number of benzene rings is 1. The molecule has 0 amide bonds. The van der Waals surface area contributed by atoms with Gasteiger partial charge in [0.1, 0.15) is 0 Å². The maximum Gasteiger partial charge on any atom is 0.269 e. The van der Waals surface area contributed by atoms with Crippen molar-refractivity contribution in [2.75, 3.05) is 0 Å². The van der Waals surface area contributed by atoms with E-state index in [2.05, 4.69) is 0 Å². The van der Waals surface area contributed by atoms with Gasteiger partial charge in [0.25, 0.3) is 5.69 Å². The fourth-order valence-corrected chi connectivity index (χ4v) is 2.12. The van der Waals surface area contributed by atoms with E-state index in [-0.39, 0.29) is 5.69 Å². The molecule has 0 fully saturated rings. The normalized spacial score (nSPS) is 24.6. The minimum atomic E-state index is -0.608. The van der Waals surface area contributed by atoms with E-state index >= 15 is 0 Å². The van der Waals surface area contributed by atoms with Crippen LogP contribution in [0.1, 0.15) is 30.0 Å². The Hall–Kier alpha value is -1.46. The van der Waals surface area contributed by atoms with Crippen molar-refractivity contribution in [2.45, 2.75) is 31.4 Å². The SMILES string of the molecule is N[C@@H]1c2cc([N+](=O)[O-])ccc2CCC[C@@H]1O. The van der Waals surface area contributed by atoms with Crippen LogP contribution in [0.2, 0.25) is 0 Å². The molecule has 86 valence electrons. The Morgan fingerprint density at radius 2 is 2.25 bits per heavy atom. The number of nitrogens with zero attached hydrogens (tertiary/aromatic N) is 1. The summed E-state index contributed by atoms with van der Waals surface area (Å²) >= 11 is 0. The van der Waals surface area contributed by atoms with Gasteiger partial charge in [-0.3, -0.25) is 10.1 Å². The zero-order valence-corrected chi connectivity index (χ0v) is 8.80. The molecule has 0 bridgehead atoms. The van der Waals surface area contributed by atoms with Crippen LogP contribution in [0.5, 0.6) is 0 Å². The predicted octanol–water partition coefficient (Wildman–Crippen LogP) is 1.29. The van der Waals surface area contributed by atoms with Crippen molar-refractivity contribution in [1.82, 2.24) is 0 Å². The molecule has 0 aromatic heterocycles. The second-order valence-electron chi connectivity index (χ2n) is 4.13. The molecule has 0 unspecified atom stereocenters. The van der Waals surface area contributed by atoms with E-state index in [0.717, 1.165) is 18.4 Å². The molecule has 5 nitrogen and oxygen atoms in total. The number of nitro benzene ring substituents is 1. The minimum Gasteiger partial charge on any atom is -0.391 e. The van der Waals surface area contributed by atoms with E-state index in [1.54, 1.807) is 6.07 Å². The van der Waals surface area contributed by atoms with Gasteiger partial charge in [0.05, 0.1) is 17.1 Å². The molecule has 0 radical (unpaired) electrons. The fraction of sp³-hybridized carbons (Fsp3) is 0.455. The van der Waals surface area contributed by atoms with E-state index < -0.39 is 17.1 Å². The first kappa shape index (κ1) is 11.0. The van der Waals surface area contributed by atoms with E-state index in [0.29, 0.717) is 12.0 Å². The summed E-state index contributed by atoms with van der Waals surface area (Å²) in [4.78, 5) is 10.2. The van der Waals surface area contributed by atoms with Crippen LogP contribution in [0.3, 0.4) is 0 Å². The van der Waals surface area contributed by atoms with Gasteiger partial charge in [-0.25, -0.2) is 0 Å². The first-order valence-corrected chi connectivity index (χ1v) is 5.30. The van der Waals surface area contributed by atoms with Crippen molar-refractivity contribution in [2.24, 2.45) is 5.73 Å². The summed E-state index contributed by atoms with van der Waals surface area (Å²) in [7, 11) is 0. The van der Waals surface area contributed by atoms with Gasteiger partial charge in [0.2, 0.25) is 0 Å². The van der Waals surface area contributed by atoms with Gasteiger partial charge in [0.15, 0.2) is 0 Å². The van der Waals surface area contributed by atoms with Crippen LogP contribution >= 0.6 is 0 Å². The van der Waals surface area contributed by atoms with Crippen LogP contribution in [0.15, 0.2) is 18.2 Å². The fourth-order valence-electron chi connectivity index (χ4n) is 2.12. The average molecular weight is 222 g/mol. The van der Waals surface area contributed by atoms with Crippen molar-refractivity contribution in [3.8, 4) is 0 Å². The largest absolute Gasteiger partial charge is 0.391 e. The summed E-state index contributed by atoms with van der Waals surface area (Å²) in [5.41, 5.74) is 7.63. The topological polar surface area (TPSA) is 89.4 Å². The smallest absolute Gasteiger partial charge is 0.269 e. The average Bonchev–Trinajstić information content (AvgIpc) is 2.40. The second kappa shape index (κ2) is 4.19. The molecule has 0 saturated heterocycles. The van der Waals surface area contributed by atoms with E-state index in [9.17, 15) is 15.2 Å². The molecule has 2 atom stereocenters. The summed E-state index contributed by atoms with van der Waals surface area (Å²) in [5.74, 6) is 0. The third-order valence-corrected chi connectivity index (χ3v) is 3.06. The van der Waals surface area contributed by atoms with Gasteiger partial charge in [0, 0.05) is 12.1 Å². The van der Waals surface area contributed by atoms with Gasteiger partial charge >= 0.3 is 0 Å². The number of hydrogen-bond acceptors (Lipinski definition) is 4. The highest BCUT2D eigenvalue weighted by atomic mass is 16.6. The molecule has 5 heteroatoms. The summed E-state index contributed by atoms with van der Waals surface area (Å²) in [6.07, 6.45) is 1.71. The molecule has 1 aliphatic rings. The molecule has 0 saturated carbocycles. The number of nitro groups is 1. The molecule has 16 heavy (non-hydrogen) atoms. The Kier molecular flexibility index (Phi) is 2.89. The van der Waals surface area contributed by atoms with Crippen molar-refractivity contribution in [1.29, 1.82) is 0 Å². The highest BCUT2D eigenvalue weighted by Crippen LogP contribution is 2.30. The molecular weight excluding hydrogens is 208 g/mol. The van der Waals surface area contributed by atoms with Crippen LogP contribution in [-0.4, -0.2) is 16.1 Å². The quantitative estimate of drug-likeness (QED) is 0.425. The summed E-state index contributed by atoms with van der Waals surface area (Å²) in [6, 6.07) is 4.20. The number of hydrogen-bond donors (Lipinski definition) is 2. The lowest BCUT2D eigenvalue weighted by Gasteiger charge is -2.17. The molecule has 2 rings (SSSR count). The molecular formula is C11H14N2O3. The molecule has 1 aromatic carbocycles. The minimum absolute atomic E-state index is 0.0308. The highest BCUT2D eigenvalue weighted by molar-refractivity contribution is 5.42. The summed E-state index contributed by atoms with van der Waals surface area (Å²) in [5, 5.41) is 20.4. The second-order valence-corrected chi connectivity index (χ2v) is 4.13. The lowest BCUT2D eigenvalue weighted by molar-refractivity contribution is -0.385. The van der Waals surface area contributed by atoms with Crippen LogP contribution in [0, 0.1) is 10.1 Å². The van der Waals surface area contributed by atoms with Crippen molar-refractivity contribution < 1.29 is 10.0 Å². The number of non-ortho nitro benzene ring substituents is 1. The van der Waals surface area contributed by atoms with E-state index in [4.69, 9.17) is 5.73 Å². The number of aliphatic hydroxyl groups excluding tert-OH is 1. The van der Waals surface area contributed by atoms with Crippen LogP contribution < -0.4 is 5.73 Å². The number of rotatable bonds is 1. The van der Waals surface area contributed by atoms with Gasteiger partial charge < -0.3 is 10.8 Å². The summed E-state index contributed by atoms with van der Waals surface area (Å²) < 4.78 is 0. The monoisotopic (exact) mass is 222 g/mol. The van der Waals surface area contributed by atoms with Crippen LogP contribution in [-0.2, 0) is 6.42 Å². The van der Waals surface area contributed by atoms with E-state index in [1.807, 2.05) is 0 Å². The Morgan fingerprint density at radius 1 is 1.50 bits per heavy atom. The van der Waals surface area contributed by atoms with Gasteiger partial charge in [-0.2, -0.15) is 0 Å². The third kappa shape index (κ3) is 1.91. The summed E-state index contributed by atoms with van der Waals surface area (Å²) in [6.45, 7) is 0. The maximum absolute atomic E-state index is 10.7. The number of fused-ring (bicyclic) bond motifs is 1. The lowest BCUT2D eigenvalue weighted by Crippen LogP contribution is -2.25. The van der Waals surface area contributed by atoms with Crippen LogP contribution in [0.25, 0.3) is 0 Å².